The summed E-state index contributed by atoms with van der Waals surface area (Å²) < 4.78 is 2.43. The fraction of sp³-hybridized carbons (Fsp3) is 0.769. The quantitative estimate of drug-likeness (QED) is 0.790. The average molecular weight is 234 g/mol. The van der Waals surface area contributed by atoms with Crippen molar-refractivity contribution in [3.05, 3.63) is 17.7 Å². The normalized spacial score (nSPS) is 23.9. The second-order valence-electron chi connectivity index (χ2n) is 5.24. The zero-order valence-electron chi connectivity index (χ0n) is 10.9. The summed E-state index contributed by atoms with van der Waals surface area (Å²) in [7, 11) is 0. The summed E-state index contributed by atoms with van der Waals surface area (Å²) in [5.74, 6) is 1.31. The van der Waals surface area contributed by atoms with Gasteiger partial charge in [-0.2, -0.15) is 0 Å². The molecule has 0 amide bonds. The first-order chi connectivity index (χ1) is 8.28. The molecule has 0 aliphatic carbocycles. The van der Waals surface area contributed by atoms with Crippen LogP contribution in [0.5, 0.6) is 0 Å². The molecule has 4 heteroatoms. The van der Waals surface area contributed by atoms with Gasteiger partial charge in [-0.1, -0.05) is 6.92 Å². The maximum absolute atomic E-state index is 4.72. The highest BCUT2D eigenvalue weighted by atomic mass is 15.3. The van der Waals surface area contributed by atoms with Crippen molar-refractivity contribution < 1.29 is 0 Å². The van der Waals surface area contributed by atoms with Crippen molar-refractivity contribution in [2.24, 2.45) is 0 Å². The molecule has 94 valence electrons. The minimum Gasteiger partial charge on any atom is -0.329 e. The van der Waals surface area contributed by atoms with Gasteiger partial charge in [-0.15, -0.1) is 0 Å². The van der Waals surface area contributed by atoms with Crippen LogP contribution in [0.4, 0.5) is 0 Å². The molecule has 1 saturated heterocycles. The molecule has 1 aromatic rings. The molecule has 0 radical (unpaired) electrons. The molecule has 1 N–H and O–H groups in total. The Morgan fingerprint density at radius 1 is 1.35 bits per heavy atom. The standard InChI is InChI=1S/C13H22N4/c1-3-16-8-9-17-11(2)10-15-12(17)13(16)4-6-14-7-5-13/h10,14H,3-9H2,1-2H3. The number of nitrogens with one attached hydrogen (secondary N) is 1. The number of fused-ring (bicyclic) bond motifs is 2. The molecule has 4 nitrogen and oxygen atoms in total. The van der Waals surface area contributed by atoms with E-state index in [1.54, 1.807) is 0 Å². The van der Waals surface area contributed by atoms with Gasteiger partial charge >= 0.3 is 0 Å². The number of aryl methyl sites for hydroxylation is 1. The first-order valence-electron chi connectivity index (χ1n) is 6.76. The van der Waals surface area contributed by atoms with Gasteiger partial charge in [0.25, 0.3) is 0 Å². The molecule has 0 bridgehead atoms. The van der Waals surface area contributed by atoms with Crippen molar-refractivity contribution in [3.63, 3.8) is 0 Å². The number of imidazole rings is 1. The van der Waals surface area contributed by atoms with E-state index in [4.69, 9.17) is 4.98 Å². The number of nitrogens with zero attached hydrogens (tertiary/aromatic N) is 3. The SMILES string of the molecule is CCN1CCn2c(C)cnc2C12CCNCC2. The third kappa shape index (κ3) is 1.54. The lowest BCUT2D eigenvalue weighted by Crippen LogP contribution is -2.57. The van der Waals surface area contributed by atoms with Crippen LogP contribution in [0.25, 0.3) is 0 Å². The Kier molecular flexibility index (Phi) is 2.71. The second kappa shape index (κ2) is 4.10. The first kappa shape index (κ1) is 11.2. The van der Waals surface area contributed by atoms with Crippen molar-refractivity contribution in [2.75, 3.05) is 26.2 Å². The topological polar surface area (TPSA) is 33.1 Å². The Morgan fingerprint density at radius 2 is 2.12 bits per heavy atom. The molecule has 3 rings (SSSR count). The lowest BCUT2D eigenvalue weighted by atomic mass is 9.84. The molecule has 0 aromatic carbocycles. The largest absolute Gasteiger partial charge is 0.329 e. The smallest absolute Gasteiger partial charge is 0.129 e. The fourth-order valence-electron chi connectivity index (χ4n) is 3.53. The monoisotopic (exact) mass is 234 g/mol. The molecule has 0 unspecified atom stereocenters. The van der Waals surface area contributed by atoms with E-state index >= 15 is 0 Å². The van der Waals surface area contributed by atoms with Crippen LogP contribution in [0.15, 0.2) is 6.20 Å². The van der Waals surface area contributed by atoms with Gasteiger partial charge in [-0.25, -0.2) is 4.98 Å². The van der Waals surface area contributed by atoms with Gasteiger partial charge in [0.15, 0.2) is 0 Å². The van der Waals surface area contributed by atoms with Crippen LogP contribution in [-0.4, -0.2) is 40.6 Å². The van der Waals surface area contributed by atoms with Gasteiger partial charge in [0.1, 0.15) is 5.82 Å². The van der Waals surface area contributed by atoms with Crippen LogP contribution in [-0.2, 0) is 12.1 Å². The van der Waals surface area contributed by atoms with E-state index in [0.717, 1.165) is 26.2 Å². The first-order valence-corrected chi connectivity index (χ1v) is 6.76. The lowest BCUT2D eigenvalue weighted by molar-refractivity contribution is 0.0237. The Morgan fingerprint density at radius 3 is 2.82 bits per heavy atom. The van der Waals surface area contributed by atoms with Crippen molar-refractivity contribution >= 4 is 0 Å². The number of aromatic nitrogens is 2. The minimum absolute atomic E-state index is 0.201. The summed E-state index contributed by atoms with van der Waals surface area (Å²) in [4.78, 5) is 7.36. The zero-order valence-corrected chi connectivity index (χ0v) is 10.9. The number of hydrogen-bond acceptors (Lipinski definition) is 3. The highest BCUT2D eigenvalue weighted by Gasteiger charge is 2.44. The molecule has 3 heterocycles. The molecular formula is C13H22N4. The van der Waals surface area contributed by atoms with Gasteiger partial charge in [0.05, 0.1) is 5.54 Å². The van der Waals surface area contributed by atoms with Crippen LogP contribution in [0.3, 0.4) is 0 Å². The van der Waals surface area contributed by atoms with Gasteiger partial charge < -0.3 is 9.88 Å². The van der Waals surface area contributed by atoms with E-state index < -0.39 is 0 Å². The summed E-state index contributed by atoms with van der Waals surface area (Å²) in [6.45, 7) is 10.1. The van der Waals surface area contributed by atoms with Crippen LogP contribution in [0.2, 0.25) is 0 Å². The maximum Gasteiger partial charge on any atom is 0.129 e. The van der Waals surface area contributed by atoms with Crippen LogP contribution >= 0.6 is 0 Å². The Bertz CT molecular complexity index is 404. The molecule has 0 saturated carbocycles. The predicted octanol–water partition coefficient (Wildman–Crippen LogP) is 1.11. The molecule has 17 heavy (non-hydrogen) atoms. The predicted molar refractivity (Wildman–Crippen MR) is 68.0 cm³/mol. The number of hydrogen-bond donors (Lipinski definition) is 1. The summed E-state index contributed by atoms with van der Waals surface area (Å²) in [6.07, 6.45) is 4.42. The number of rotatable bonds is 1. The van der Waals surface area contributed by atoms with Crippen molar-refractivity contribution in [1.82, 2.24) is 19.8 Å². The minimum atomic E-state index is 0.201. The van der Waals surface area contributed by atoms with Crippen molar-refractivity contribution in [3.8, 4) is 0 Å². The zero-order chi connectivity index (χ0) is 11.9. The van der Waals surface area contributed by atoms with Crippen LogP contribution < -0.4 is 5.32 Å². The van der Waals surface area contributed by atoms with Gasteiger partial charge in [-0.05, 0) is 39.4 Å². The summed E-state index contributed by atoms with van der Waals surface area (Å²) in [6, 6.07) is 0. The number of piperidine rings is 1. The Labute approximate surface area is 103 Å². The molecule has 2 aliphatic heterocycles. The molecule has 0 atom stereocenters. The van der Waals surface area contributed by atoms with Crippen LogP contribution in [0.1, 0.15) is 31.3 Å². The summed E-state index contributed by atoms with van der Waals surface area (Å²) in [5, 5.41) is 3.47. The van der Waals surface area contributed by atoms with Crippen LogP contribution in [0, 0.1) is 6.92 Å². The number of likely N-dealkylation sites (N-methyl/N-ethyl adjacent to an activating group) is 1. The summed E-state index contributed by atoms with van der Waals surface area (Å²) >= 11 is 0. The van der Waals surface area contributed by atoms with Crippen molar-refractivity contribution in [2.45, 2.75) is 38.8 Å². The molecule has 1 fully saturated rings. The Hall–Kier alpha value is -0.870. The third-order valence-electron chi connectivity index (χ3n) is 4.48. The fourth-order valence-corrected chi connectivity index (χ4v) is 3.53. The lowest BCUT2D eigenvalue weighted by Gasteiger charge is -2.49. The molecular weight excluding hydrogens is 212 g/mol. The highest BCUT2D eigenvalue weighted by molar-refractivity contribution is 5.18. The second-order valence-corrected chi connectivity index (χ2v) is 5.24. The molecule has 1 aromatic heterocycles. The molecule has 1 spiro atoms. The highest BCUT2D eigenvalue weighted by Crippen LogP contribution is 2.39. The van der Waals surface area contributed by atoms with E-state index in [1.807, 2.05) is 6.20 Å². The third-order valence-corrected chi connectivity index (χ3v) is 4.48. The molecule has 2 aliphatic rings. The van der Waals surface area contributed by atoms with E-state index in [2.05, 4.69) is 28.6 Å². The van der Waals surface area contributed by atoms with Gasteiger partial charge in [0.2, 0.25) is 0 Å². The van der Waals surface area contributed by atoms with E-state index in [9.17, 15) is 0 Å². The van der Waals surface area contributed by atoms with Gasteiger partial charge in [-0.3, -0.25) is 4.90 Å². The van der Waals surface area contributed by atoms with E-state index in [1.165, 1.54) is 30.9 Å². The van der Waals surface area contributed by atoms with Crippen molar-refractivity contribution in [1.29, 1.82) is 0 Å². The van der Waals surface area contributed by atoms with E-state index in [0.29, 0.717) is 0 Å². The maximum atomic E-state index is 4.72. The average Bonchev–Trinajstić information content (AvgIpc) is 2.74. The van der Waals surface area contributed by atoms with E-state index in [-0.39, 0.29) is 5.54 Å². The Balaban J connectivity index is 2.07. The summed E-state index contributed by atoms with van der Waals surface area (Å²) in [5.41, 5.74) is 1.51. The van der Waals surface area contributed by atoms with Gasteiger partial charge in [0, 0.05) is 25.0 Å².